The van der Waals surface area contributed by atoms with E-state index >= 15 is 0 Å². The second-order valence-electron chi connectivity index (χ2n) is 6.73. The predicted octanol–water partition coefficient (Wildman–Crippen LogP) is 2.68. The van der Waals surface area contributed by atoms with Gasteiger partial charge in [0.15, 0.2) is 6.61 Å². The van der Waals surface area contributed by atoms with Crippen LogP contribution in [-0.4, -0.2) is 38.0 Å². The lowest BCUT2D eigenvalue weighted by Crippen LogP contribution is -2.28. The molecule has 2 amide bonds. The molecule has 0 aromatic heterocycles. The van der Waals surface area contributed by atoms with E-state index in [1.807, 2.05) is 0 Å². The third-order valence-electron chi connectivity index (χ3n) is 4.62. The molecular weight excluding hydrogens is 379 g/mol. The van der Waals surface area contributed by atoms with Gasteiger partial charge in [-0.25, -0.2) is 4.39 Å². The Hall–Kier alpha value is -3.42. The molecule has 8 heteroatoms. The summed E-state index contributed by atoms with van der Waals surface area (Å²) in [7, 11) is 1.53. The molecule has 0 spiro atoms. The summed E-state index contributed by atoms with van der Waals surface area (Å²) in [4.78, 5) is 38.0. The summed E-state index contributed by atoms with van der Waals surface area (Å²) in [6, 6.07) is 11.3. The van der Waals surface area contributed by atoms with Gasteiger partial charge < -0.3 is 19.7 Å². The molecule has 0 saturated carbocycles. The van der Waals surface area contributed by atoms with E-state index < -0.39 is 30.2 Å². The Kier molecular flexibility index (Phi) is 6.11. The number of methoxy groups -OCH3 is 1. The molecule has 1 saturated heterocycles. The number of hydrogen-bond donors (Lipinski definition) is 1. The molecule has 1 unspecified atom stereocenters. The largest absolute Gasteiger partial charge is 0.497 e. The average molecular weight is 400 g/mol. The number of nitrogens with zero attached hydrogens (tertiary/aromatic N) is 1. The number of rotatable bonds is 6. The zero-order chi connectivity index (χ0) is 21.0. The molecule has 7 nitrogen and oxygen atoms in total. The number of esters is 1. The number of benzene rings is 2. The maximum Gasteiger partial charge on any atom is 0.311 e. The lowest BCUT2D eigenvalue weighted by molar-refractivity contribution is -0.151. The first-order valence-electron chi connectivity index (χ1n) is 9.04. The fourth-order valence-electron chi connectivity index (χ4n) is 3.02. The molecule has 1 N–H and O–H groups in total. The van der Waals surface area contributed by atoms with Crippen LogP contribution in [0.5, 0.6) is 5.75 Å². The summed E-state index contributed by atoms with van der Waals surface area (Å²) in [6.07, 6.45) is 0.000829. The van der Waals surface area contributed by atoms with Gasteiger partial charge in [0.05, 0.1) is 13.0 Å². The normalized spacial score (nSPS) is 15.9. The van der Waals surface area contributed by atoms with Crippen LogP contribution in [0.1, 0.15) is 12.0 Å². The summed E-state index contributed by atoms with van der Waals surface area (Å²) in [5.41, 5.74) is 1.36. The van der Waals surface area contributed by atoms with Gasteiger partial charge in [0.25, 0.3) is 5.91 Å². The van der Waals surface area contributed by atoms with Crippen molar-refractivity contribution in [2.45, 2.75) is 13.3 Å². The van der Waals surface area contributed by atoms with E-state index in [9.17, 15) is 18.8 Å². The van der Waals surface area contributed by atoms with Crippen LogP contribution in [0.2, 0.25) is 0 Å². The van der Waals surface area contributed by atoms with E-state index in [2.05, 4.69) is 5.32 Å². The highest BCUT2D eigenvalue weighted by Gasteiger charge is 2.36. The van der Waals surface area contributed by atoms with E-state index in [1.54, 1.807) is 37.3 Å². The lowest BCUT2D eigenvalue weighted by Gasteiger charge is -2.17. The molecule has 2 aromatic carbocycles. The third-order valence-corrected chi connectivity index (χ3v) is 4.62. The number of aryl methyl sites for hydroxylation is 1. The van der Waals surface area contributed by atoms with Gasteiger partial charge in [-0.15, -0.1) is 0 Å². The molecule has 0 aliphatic carbocycles. The Balaban J connectivity index is 1.53. The molecule has 1 heterocycles. The molecule has 2 aromatic rings. The maximum atomic E-state index is 13.5. The zero-order valence-corrected chi connectivity index (χ0v) is 16.1. The summed E-state index contributed by atoms with van der Waals surface area (Å²) < 4.78 is 23.7. The number of nitrogens with one attached hydrogen (secondary N) is 1. The Bertz CT molecular complexity index is 946. The van der Waals surface area contributed by atoms with Gasteiger partial charge >= 0.3 is 5.97 Å². The van der Waals surface area contributed by atoms with Crippen LogP contribution in [-0.2, 0) is 19.1 Å². The standard InChI is InChI=1S/C21H21FN2O5/c1-13-6-7-15(9-18(13)22)23-19(25)12-29-21(27)14-8-20(26)24(11-14)16-4-3-5-17(10-16)28-2/h3-7,9-10,14H,8,11-12H2,1-2H3,(H,23,25). The van der Waals surface area contributed by atoms with Crippen LogP contribution in [0.15, 0.2) is 42.5 Å². The lowest BCUT2D eigenvalue weighted by atomic mass is 10.1. The van der Waals surface area contributed by atoms with Crippen molar-refractivity contribution >= 4 is 29.2 Å². The SMILES string of the molecule is COc1cccc(N2CC(C(=O)OCC(=O)Nc3ccc(C)c(F)c3)CC2=O)c1. The molecule has 1 aliphatic rings. The summed E-state index contributed by atoms with van der Waals surface area (Å²) >= 11 is 0. The van der Waals surface area contributed by atoms with Gasteiger partial charge in [-0.3, -0.25) is 14.4 Å². The number of carbonyl (C=O) groups excluding carboxylic acids is 3. The van der Waals surface area contributed by atoms with Crippen LogP contribution in [0.25, 0.3) is 0 Å². The molecule has 152 valence electrons. The van der Waals surface area contributed by atoms with E-state index in [4.69, 9.17) is 9.47 Å². The van der Waals surface area contributed by atoms with Crippen LogP contribution >= 0.6 is 0 Å². The number of hydrogen-bond acceptors (Lipinski definition) is 5. The monoisotopic (exact) mass is 400 g/mol. The second-order valence-corrected chi connectivity index (χ2v) is 6.73. The Morgan fingerprint density at radius 2 is 2.03 bits per heavy atom. The molecular formula is C21H21FN2O5. The predicted molar refractivity (Wildman–Crippen MR) is 104 cm³/mol. The van der Waals surface area contributed by atoms with E-state index in [1.165, 1.54) is 24.1 Å². The highest BCUT2D eigenvalue weighted by molar-refractivity contribution is 6.00. The fraction of sp³-hybridized carbons (Fsp3) is 0.286. The van der Waals surface area contributed by atoms with Crippen molar-refractivity contribution in [3.8, 4) is 5.75 Å². The number of ether oxygens (including phenoxy) is 2. The Morgan fingerprint density at radius 3 is 2.76 bits per heavy atom. The Morgan fingerprint density at radius 1 is 1.24 bits per heavy atom. The summed E-state index contributed by atoms with van der Waals surface area (Å²) in [5, 5.41) is 2.46. The van der Waals surface area contributed by atoms with Crippen LogP contribution in [0.3, 0.4) is 0 Å². The molecule has 1 aliphatic heterocycles. The van der Waals surface area contributed by atoms with E-state index in [-0.39, 0.29) is 24.6 Å². The van der Waals surface area contributed by atoms with Crippen molar-refractivity contribution in [1.82, 2.24) is 0 Å². The van der Waals surface area contributed by atoms with E-state index in [0.717, 1.165) is 0 Å². The first kappa shape index (κ1) is 20.3. The van der Waals surface area contributed by atoms with Crippen molar-refractivity contribution in [3.05, 3.63) is 53.8 Å². The molecule has 1 atom stereocenters. The minimum atomic E-state index is -0.668. The van der Waals surface area contributed by atoms with Gasteiger partial charge in [-0.05, 0) is 36.8 Å². The Labute approximate surface area is 167 Å². The van der Waals surface area contributed by atoms with Gasteiger partial charge in [0.2, 0.25) is 5.91 Å². The smallest absolute Gasteiger partial charge is 0.311 e. The number of halogens is 1. The molecule has 1 fully saturated rings. The van der Waals surface area contributed by atoms with Crippen molar-refractivity contribution < 1.29 is 28.2 Å². The summed E-state index contributed by atoms with van der Waals surface area (Å²) in [5.74, 6) is -1.94. The highest BCUT2D eigenvalue weighted by atomic mass is 19.1. The molecule has 0 bridgehead atoms. The molecule has 0 radical (unpaired) electrons. The molecule has 29 heavy (non-hydrogen) atoms. The summed E-state index contributed by atoms with van der Waals surface area (Å²) in [6.45, 7) is 1.26. The number of amides is 2. The first-order valence-corrected chi connectivity index (χ1v) is 9.04. The highest BCUT2D eigenvalue weighted by Crippen LogP contribution is 2.28. The van der Waals surface area contributed by atoms with E-state index in [0.29, 0.717) is 17.0 Å². The van der Waals surface area contributed by atoms with Crippen LogP contribution in [0, 0.1) is 18.7 Å². The zero-order valence-electron chi connectivity index (χ0n) is 16.1. The van der Waals surface area contributed by atoms with Crippen molar-refractivity contribution in [3.63, 3.8) is 0 Å². The van der Waals surface area contributed by atoms with Gasteiger partial charge in [-0.2, -0.15) is 0 Å². The minimum absolute atomic E-state index is 0.000829. The quantitative estimate of drug-likeness (QED) is 0.754. The van der Waals surface area contributed by atoms with Crippen molar-refractivity contribution in [2.75, 3.05) is 30.5 Å². The third kappa shape index (κ3) is 4.90. The van der Waals surface area contributed by atoms with Gasteiger partial charge in [-0.1, -0.05) is 12.1 Å². The topological polar surface area (TPSA) is 84.9 Å². The number of carbonyl (C=O) groups is 3. The number of anilines is 2. The van der Waals surface area contributed by atoms with Crippen molar-refractivity contribution in [1.29, 1.82) is 0 Å². The van der Waals surface area contributed by atoms with Crippen LogP contribution in [0.4, 0.5) is 15.8 Å². The van der Waals surface area contributed by atoms with Gasteiger partial charge in [0.1, 0.15) is 11.6 Å². The van der Waals surface area contributed by atoms with Gasteiger partial charge in [0, 0.05) is 30.4 Å². The second kappa shape index (κ2) is 8.72. The minimum Gasteiger partial charge on any atom is -0.497 e. The first-order chi connectivity index (χ1) is 13.9. The fourth-order valence-corrected chi connectivity index (χ4v) is 3.02. The average Bonchev–Trinajstić information content (AvgIpc) is 3.11. The van der Waals surface area contributed by atoms with Crippen molar-refractivity contribution in [2.24, 2.45) is 5.92 Å². The van der Waals surface area contributed by atoms with Crippen LogP contribution < -0.4 is 15.0 Å². The molecule has 3 rings (SSSR count). The maximum absolute atomic E-state index is 13.5.